The molecule has 0 N–H and O–H groups in total. The van der Waals surface area contributed by atoms with Crippen molar-refractivity contribution in [3.8, 4) is 67.9 Å². The van der Waals surface area contributed by atoms with Crippen molar-refractivity contribution >= 4 is 43.8 Å². The van der Waals surface area contributed by atoms with Crippen molar-refractivity contribution in [1.29, 1.82) is 0 Å². The molecule has 0 bridgehead atoms. The molecule has 0 aliphatic rings. The maximum Gasteiger partial charge on any atom is 0.227 e. The van der Waals surface area contributed by atoms with Gasteiger partial charge in [-0.05, 0) is 76.0 Å². The number of benzene rings is 6. The van der Waals surface area contributed by atoms with E-state index < -0.39 is 0 Å². The zero-order valence-corrected chi connectivity index (χ0v) is 29.7. The molecule has 0 atom stereocenters. The van der Waals surface area contributed by atoms with E-state index in [1.165, 1.54) is 0 Å². The van der Waals surface area contributed by atoms with Crippen molar-refractivity contribution in [3.05, 3.63) is 170 Å². The number of hydrogen-bond donors (Lipinski definition) is 0. The highest BCUT2D eigenvalue weighted by Crippen LogP contribution is 2.45. The third-order valence-electron chi connectivity index (χ3n) is 10.2. The topological polar surface area (TPSA) is 104 Å². The molecule has 0 fully saturated rings. The Bertz CT molecular complexity index is 3180. The molecule has 262 valence electrons. The number of rotatable bonds is 6. The molecule has 56 heavy (non-hydrogen) atoms. The van der Waals surface area contributed by atoms with Gasteiger partial charge in [-0.3, -0.25) is 9.97 Å². The first-order valence-corrected chi connectivity index (χ1v) is 18.3. The molecule has 5 aromatic heterocycles. The van der Waals surface area contributed by atoms with Crippen LogP contribution in [0.25, 0.3) is 112 Å². The van der Waals surface area contributed by atoms with Gasteiger partial charge in [-0.15, -0.1) is 0 Å². The average Bonchev–Trinajstić information content (AvgIpc) is 3.89. The van der Waals surface area contributed by atoms with Crippen LogP contribution in [0, 0.1) is 0 Å². The molecule has 6 aromatic carbocycles. The maximum absolute atomic E-state index is 6.64. The van der Waals surface area contributed by atoms with Crippen LogP contribution in [0.5, 0.6) is 0 Å². The van der Waals surface area contributed by atoms with E-state index in [-0.39, 0.29) is 0 Å². The van der Waals surface area contributed by atoms with Crippen molar-refractivity contribution in [2.75, 3.05) is 0 Å². The van der Waals surface area contributed by atoms with Gasteiger partial charge in [-0.2, -0.15) is 0 Å². The number of pyridine rings is 2. The highest BCUT2D eigenvalue weighted by atomic mass is 16.4. The molecule has 5 heterocycles. The molecule has 0 radical (unpaired) electrons. The number of nitrogens with zero attached hydrogens (tertiary/aromatic N) is 6. The first-order valence-electron chi connectivity index (χ1n) is 18.3. The van der Waals surface area contributed by atoms with Gasteiger partial charge >= 0.3 is 0 Å². The summed E-state index contributed by atoms with van der Waals surface area (Å²) in [5.41, 5.74) is 10.6. The molecular formula is C48H28N6O2. The molecule has 0 unspecified atom stereocenters. The summed E-state index contributed by atoms with van der Waals surface area (Å²) in [5, 5.41) is 4.12. The number of hydrogen-bond acceptors (Lipinski definition) is 8. The van der Waals surface area contributed by atoms with Crippen LogP contribution < -0.4 is 0 Å². The Kier molecular flexibility index (Phi) is 7.31. The second-order valence-corrected chi connectivity index (χ2v) is 13.5. The highest BCUT2D eigenvalue weighted by molar-refractivity contribution is 6.22. The van der Waals surface area contributed by atoms with E-state index in [4.69, 9.17) is 28.8 Å². The first-order chi connectivity index (χ1) is 27.7. The largest absolute Gasteiger partial charge is 0.455 e. The number of fused-ring (bicyclic) bond motifs is 6. The normalized spacial score (nSPS) is 11.6. The van der Waals surface area contributed by atoms with Crippen LogP contribution in [-0.4, -0.2) is 29.9 Å². The molecule has 11 aromatic rings. The highest BCUT2D eigenvalue weighted by Gasteiger charge is 2.22. The van der Waals surface area contributed by atoms with Gasteiger partial charge in [-0.1, -0.05) is 97.1 Å². The van der Waals surface area contributed by atoms with E-state index in [1.54, 1.807) is 24.8 Å². The van der Waals surface area contributed by atoms with Crippen LogP contribution in [0.4, 0.5) is 0 Å². The molecule has 11 rings (SSSR count). The van der Waals surface area contributed by atoms with Gasteiger partial charge < -0.3 is 8.83 Å². The summed E-state index contributed by atoms with van der Waals surface area (Å²) in [6.07, 6.45) is 6.99. The summed E-state index contributed by atoms with van der Waals surface area (Å²) >= 11 is 0. The Morgan fingerprint density at radius 2 is 0.946 bits per heavy atom. The zero-order valence-electron chi connectivity index (χ0n) is 29.7. The third-order valence-corrected chi connectivity index (χ3v) is 10.2. The average molecular weight is 721 g/mol. The number of aromatic nitrogens is 6. The predicted octanol–water partition coefficient (Wildman–Crippen LogP) is 11.9. The lowest BCUT2D eigenvalue weighted by Gasteiger charge is -2.13. The Hall–Kier alpha value is -7.84. The van der Waals surface area contributed by atoms with Crippen molar-refractivity contribution in [1.82, 2.24) is 29.9 Å². The van der Waals surface area contributed by atoms with Crippen LogP contribution in [0.3, 0.4) is 0 Å². The van der Waals surface area contributed by atoms with Crippen LogP contribution in [0.2, 0.25) is 0 Å². The predicted molar refractivity (Wildman–Crippen MR) is 220 cm³/mol. The second kappa shape index (κ2) is 12.9. The molecule has 8 heteroatoms. The summed E-state index contributed by atoms with van der Waals surface area (Å²) in [4.78, 5) is 28.1. The number of furan rings is 1. The number of oxazole rings is 1. The summed E-state index contributed by atoms with van der Waals surface area (Å²) in [7, 11) is 0. The van der Waals surface area contributed by atoms with E-state index in [0.717, 1.165) is 82.7 Å². The van der Waals surface area contributed by atoms with Crippen LogP contribution in [0.1, 0.15) is 0 Å². The Balaban J connectivity index is 1.04. The van der Waals surface area contributed by atoms with Crippen molar-refractivity contribution < 1.29 is 8.83 Å². The van der Waals surface area contributed by atoms with E-state index >= 15 is 0 Å². The Morgan fingerprint density at radius 1 is 0.375 bits per heavy atom. The minimum Gasteiger partial charge on any atom is -0.455 e. The first kappa shape index (κ1) is 31.7. The fourth-order valence-electron chi connectivity index (χ4n) is 7.51. The molecule has 0 aliphatic carbocycles. The van der Waals surface area contributed by atoms with Crippen LogP contribution >= 0.6 is 0 Å². The van der Waals surface area contributed by atoms with Gasteiger partial charge in [0.2, 0.25) is 5.89 Å². The standard InChI is InChI=1S/C48H28N6O2/c1-2-10-31(11-3-1)48-51-40-26-39(43-42(44(40)56-48)38-16-6-7-17-41(38)55-43)37-23-22-34(35-14-4-5-15-36(35)37)29-18-20-30(21-19-29)45-52-46(32-12-8-24-49-27-32)54-47(53-45)33-13-9-25-50-28-33/h1-28H. The molecule has 0 saturated carbocycles. The molecule has 0 saturated heterocycles. The minimum atomic E-state index is 0.547. The van der Waals surface area contributed by atoms with Gasteiger partial charge in [0, 0.05) is 58.0 Å². The van der Waals surface area contributed by atoms with Gasteiger partial charge in [-0.25, -0.2) is 19.9 Å². The Labute approximate surface area is 319 Å². The SMILES string of the molecule is c1ccc(-c2nc3cc(-c4ccc(-c5ccc(-c6nc(-c7cccnc7)nc(-c7cccnc7)n6)cc5)c5ccccc45)c4oc5ccccc5c4c3o2)cc1. The lowest BCUT2D eigenvalue weighted by molar-refractivity contribution is 0.622. The van der Waals surface area contributed by atoms with Crippen molar-refractivity contribution in [2.45, 2.75) is 0 Å². The van der Waals surface area contributed by atoms with Crippen molar-refractivity contribution in [2.24, 2.45) is 0 Å². The Morgan fingerprint density at radius 3 is 1.62 bits per heavy atom. The second-order valence-electron chi connectivity index (χ2n) is 13.5. The summed E-state index contributed by atoms with van der Waals surface area (Å²) in [5.74, 6) is 2.24. The van der Waals surface area contributed by atoms with Crippen LogP contribution in [-0.2, 0) is 0 Å². The van der Waals surface area contributed by atoms with E-state index in [0.29, 0.717) is 28.9 Å². The van der Waals surface area contributed by atoms with E-state index in [9.17, 15) is 0 Å². The van der Waals surface area contributed by atoms with Gasteiger partial charge in [0.1, 0.15) is 16.7 Å². The smallest absolute Gasteiger partial charge is 0.227 e. The van der Waals surface area contributed by atoms with E-state index in [1.807, 2.05) is 72.8 Å². The van der Waals surface area contributed by atoms with E-state index in [2.05, 4.69) is 82.8 Å². The number of para-hydroxylation sites is 1. The van der Waals surface area contributed by atoms with Crippen LogP contribution in [0.15, 0.2) is 179 Å². The monoisotopic (exact) mass is 720 g/mol. The fraction of sp³-hybridized carbons (Fsp3) is 0. The molecular weight excluding hydrogens is 693 g/mol. The maximum atomic E-state index is 6.64. The zero-order chi connectivity index (χ0) is 37.0. The molecule has 8 nitrogen and oxygen atoms in total. The minimum absolute atomic E-state index is 0.547. The fourth-order valence-corrected chi connectivity index (χ4v) is 7.51. The quantitative estimate of drug-likeness (QED) is 0.167. The summed E-state index contributed by atoms with van der Waals surface area (Å²) in [6.45, 7) is 0. The lowest BCUT2D eigenvalue weighted by Crippen LogP contribution is -2.00. The lowest BCUT2D eigenvalue weighted by atomic mass is 9.91. The van der Waals surface area contributed by atoms with Crippen molar-refractivity contribution in [3.63, 3.8) is 0 Å². The molecule has 0 aliphatic heterocycles. The molecule has 0 spiro atoms. The van der Waals surface area contributed by atoms with Gasteiger partial charge in [0.25, 0.3) is 0 Å². The molecule has 0 amide bonds. The van der Waals surface area contributed by atoms with Gasteiger partial charge in [0.15, 0.2) is 23.1 Å². The van der Waals surface area contributed by atoms with Gasteiger partial charge in [0.05, 0.1) is 5.39 Å². The third kappa shape index (κ3) is 5.31. The summed E-state index contributed by atoms with van der Waals surface area (Å²) < 4.78 is 13.1. The summed E-state index contributed by atoms with van der Waals surface area (Å²) in [6, 6.07) is 49.1.